The van der Waals surface area contributed by atoms with Crippen LogP contribution < -0.4 is 25.9 Å². The molecule has 0 bridgehead atoms. The fourth-order valence-electron chi connectivity index (χ4n) is 6.42. The summed E-state index contributed by atoms with van der Waals surface area (Å²) in [6.45, 7) is 8.93. The van der Waals surface area contributed by atoms with Crippen molar-refractivity contribution in [1.82, 2.24) is 4.98 Å². The van der Waals surface area contributed by atoms with Gasteiger partial charge in [-0.05, 0) is 63.9 Å². The predicted octanol–water partition coefficient (Wildman–Crippen LogP) is 6.36. The fourth-order valence-corrected chi connectivity index (χ4v) is 6.42. The SMILES string of the molecule is CC=c1/c(=C\C)[nH]c2cc3c(cc12)Oc1cc(N(CCCCC)CCCCN)ccc1C3(OC)c1ccccc1C=O. The molecule has 42 heavy (non-hydrogen) atoms. The molecule has 0 aliphatic carbocycles. The number of carbonyl (C=O) groups excluding carboxylic acids is 1. The molecule has 0 spiro atoms. The zero-order valence-corrected chi connectivity index (χ0v) is 25.3. The Bertz CT molecular complexity index is 1680. The number of nitrogens with one attached hydrogen (secondary N) is 1. The third kappa shape index (κ3) is 5.14. The number of H-pyrrole nitrogens is 1. The minimum Gasteiger partial charge on any atom is -0.456 e. The number of ether oxygens (including phenoxy) is 2. The molecule has 6 heteroatoms. The quantitative estimate of drug-likeness (QED) is 0.154. The van der Waals surface area contributed by atoms with Crippen LogP contribution in [0.1, 0.15) is 79.9 Å². The number of aromatic nitrogens is 1. The van der Waals surface area contributed by atoms with Crippen LogP contribution in [0.25, 0.3) is 23.1 Å². The molecule has 1 atom stereocenters. The van der Waals surface area contributed by atoms with Crippen LogP contribution in [0.4, 0.5) is 5.69 Å². The van der Waals surface area contributed by atoms with Crippen LogP contribution in [-0.2, 0) is 10.3 Å². The third-order valence-electron chi connectivity index (χ3n) is 8.54. The minimum atomic E-state index is -1.04. The first kappa shape index (κ1) is 29.6. The molecule has 2 heterocycles. The molecule has 1 unspecified atom stereocenters. The molecule has 1 aliphatic heterocycles. The van der Waals surface area contributed by atoms with Gasteiger partial charge in [0.25, 0.3) is 0 Å². The standard InChI is InChI=1S/C36H43N3O3/c1-5-8-12-19-39(20-13-11-18-37)26-16-17-30-34(21-26)42-35-22-28-27(6-2)32(7-3)38-33(28)23-31(35)36(30,41-4)29-15-10-9-14-25(29)24-40/h6-7,9-10,14-17,21-24,38H,5,8,11-13,18-20,37H2,1-4H3/b27-6?,32-7+. The Balaban J connectivity index is 1.75. The van der Waals surface area contributed by atoms with Crippen molar-refractivity contribution in [1.29, 1.82) is 0 Å². The number of nitrogens with two attached hydrogens (primary N) is 1. The summed E-state index contributed by atoms with van der Waals surface area (Å²) in [6.07, 6.45) is 10.6. The van der Waals surface area contributed by atoms with E-state index in [-0.39, 0.29) is 0 Å². The Hall–Kier alpha value is -3.87. The van der Waals surface area contributed by atoms with E-state index in [0.717, 1.165) is 94.0 Å². The van der Waals surface area contributed by atoms with Gasteiger partial charge in [0.1, 0.15) is 17.8 Å². The molecule has 0 saturated heterocycles. The van der Waals surface area contributed by atoms with E-state index in [1.54, 1.807) is 7.11 Å². The third-order valence-corrected chi connectivity index (χ3v) is 8.54. The molecule has 1 aromatic heterocycles. The first-order chi connectivity index (χ1) is 20.6. The summed E-state index contributed by atoms with van der Waals surface area (Å²) in [5.74, 6) is 1.46. The number of anilines is 1. The molecular weight excluding hydrogens is 522 g/mol. The molecule has 3 N–H and O–H groups in total. The van der Waals surface area contributed by atoms with Gasteiger partial charge in [0.2, 0.25) is 0 Å². The number of nitrogens with zero attached hydrogens (tertiary/aromatic N) is 1. The summed E-state index contributed by atoms with van der Waals surface area (Å²) >= 11 is 0. The van der Waals surface area contributed by atoms with Gasteiger partial charge in [0.05, 0.1) is 0 Å². The van der Waals surface area contributed by atoms with Gasteiger partial charge in [-0.2, -0.15) is 0 Å². The Morgan fingerprint density at radius 2 is 1.69 bits per heavy atom. The zero-order valence-electron chi connectivity index (χ0n) is 25.3. The molecule has 220 valence electrons. The molecule has 0 amide bonds. The van der Waals surface area contributed by atoms with Crippen molar-refractivity contribution in [2.75, 3.05) is 31.6 Å². The monoisotopic (exact) mass is 565 g/mol. The lowest BCUT2D eigenvalue weighted by atomic mass is 9.76. The summed E-state index contributed by atoms with van der Waals surface area (Å²) in [4.78, 5) is 18.4. The fraction of sp³-hybridized carbons (Fsp3) is 0.361. The van der Waals surface area contributed by atoms with Crippen LogP contribution in [0.15, 0.2) is 54.6 Å². The lowest BCUT2D eigenvalue weighted by Gasteiger charge is -2.40. The number of carbonyl (C=O) groups is 1. The van der Waals surface area contributed by atoms with E-state index in [4.69, 9.17) is 15.2 Å². The highest BCUT2D eigenvalue weighted by atomic mass is 16.5. The first-order valence-corrected chi connectivity index (χ1v) is 15.2. The number of aldehydes is 1. The molecule has 0 fully saturated rings. The summed E-state index contributed by atoms with van der Waals surface area (Å²) in [5, 5.41) is 3.28. The van der Waals surface area contributed by atoms with E-state index in [0.29, 0.717) is 12.1 Å². The number of aromatic amines is 1. The molecule has 0 radical (unpaired) electrons. The van der Waals surface area contributed by atoms with Gasteiger partial charge in [0, 0.05) is 75.7 Å². The van der Waals surface area contributed by atoms with Crippen LogP contribution in [0, 0.1) is 0 Å². The molecule has 6 nitrogen and oxygen atoms in total. The molecule has 3 aromatic carbocycles. The van der Waals surface area contributed by atoms with Crippen molar-refractivity contribution < 1.29 is 14.3 Å². The van der Waals surface area contributed by atoms with E-state index < -0.39 is 5.60 Å². The van der Waals surface area contributed by atoms with Crippen LogP contribution in [-0.4, -0.2) is 38.0 Å². The number of unbranched alkanes of at least 4 members (excludes halogenated alkanes) is 3. The summed E-state index contributed by atoms with van der Waals surface area (Å²) in [5.41, 5.74) is 10.0. The van der Waals surface area contributed by atoms with Crippen molar-refractivity contribution in [2.24, 2.45) is 5.73 Å². The smallest absolute Gasteiger partial charge is 0.151 e. The maximum absolute atomic E-state index is 12.4. The van der Waals surface area contributed by atoms with Crippen molar-refractivity contribution in [2.45, 2.75) is 58.5 Å². The maximum Gasteiger partial charge on any atom is 0.151 e. The normalized spacial score (nSPS) is 16.8. The lowest BCUT2D eigenvalue weighted by Crippen LogP contribution is -2.36. The number of methoxy groups -OCH3 is 1. The number of rotatable bonds is 12. The second-order valence-corrected chi connectivity index (χ2v) is 11.0. The summed E-state index contributed by atoms with van der Waals surface area (Å²) in [6, 6.07) is 18.3. The highest BCUT2D eigenvalue weighted by Crippen LogP contribution is 2.54. The maximum atomic E-state index is 12.4. The first-order valence-electron chi connectivity index (χ1n) is 15.2. The number of fused-ring (bicyclic) bond motifs is 3. The Kier molecular flexibility index (Phi) is 9.15. The van der Waals surface area contributed by atoms with Crippen LogP contribution in [0.3, 0.4) is 0 Å². The molecule has 4 aromatic rings. The summed E-state index contributed by atoms with van der Waals surface area (Å²) in [7, 11) is 1.72. The van der Waals surface area contributed by atoms with E-state index >= 15 is 0 Å². The Labute approximate surface area is 248 Å². The number of hydrogen-bond donors (Lipinski definition) is 2. The predicted molar refractivity (Wildman–Crippen MR) is 173 cm³/mol. The molecule has 0 saturated carbocycles. The van der Waals surface area contributed by atoms with Crippen molar-refractivity contribution in [3.63, 3.8) is 0 Å². The molecular formula is C36H43N3O3. The van der Waals surface area contributed by atoms with Gasteiger partial charge in [-0.1, -0.05) is 56.2 Å². The Morgan fingerprint density at radius 1 is 0.929 bits per heavy atom. The van der Waals surface area contributed by atoms with Gasteiger partial charge in [-0.25, -0.2) is 0 Å². The van der Waals surface area contributed by atoms with E-state index in [1.807, 2.05) is 31.2 Å². The van der Waals surface area contributed by atoms with Crippen LogP contribution in [0.5, 0.6) is 11.5 Å². The van der Waals surface area contributed by atoms with Gasteiger partial charge < -0.3 is 25.1 Å². The van der Waals surface area contributed by atoms with Gasteiger partial charge >= 0.3 is 0 Å². The largest absolute Gasteiger partial charge is 0.456 e. The lowest BCUT2D eigenvalue weighted by molar-refractivity contribution is 0.0493. The number of hydrogen-bond acceptors (Lipinski definition) is 5. The average Bonchev–Trinajstić information content (AvgIpc) is 3.38. The zero-order chi connectivity index (χ0) is 29.7. The topological polar surface area (TPSA) is 80.6 Å². The average molecular weight is 566 g/mol. The summed E-state index contributed by atoms with van der Waals surface area (Å²) < 4.78 is 13.3. The molecule has 5 rings (SSSR count). The van der Waals surface area contributed by atoms with Crippen molar-refractivity contribution in [3.05, 3.63) is 87.4 Å². The van der Waals surface area contributed by atoms with Gasteiger partial charge in [-0.15, -0.1) is 0 Å². The van der Waals surface area contributed by atoms with Crippen molar-refractivity contribution in [3.8, 4) is 11.5 Å². The van der Waals surface area contributed by atoms with Crippen molar-refractivity contribution >= 4 is 35.0 Å². The van der Waals surface area contributed by atoms with Crippen LogP contribution in [0.2, 0.25) is 0 Å². The Morgan fingerprint density at radius 3 is 2.38 bits per heavy atom. The van der Waals surface area contributed by atoms with E-state index in [9.17, 15) is 4.79 Å². The van der Waals surface area contributed by atoms with E-state index in [2.05, 4.69) is 66.2 Å². The number of benzene rings is 3. The minimum absolute atomic E-state index is 0.585. The second kappa shape index (κ2) is 13.0. The van der Waals surface area contributed by atoms with Crippen LogP contribution >= 0.6 is 0 Å². The highest BCUT2D eigenvalue weighted by molar-refractivity contribution is 5.87. The highest BCUT2D eigenvalue weighted by Gasteiger charge is 2.46. The van der Waals surface area contributed by atoms with Gasteiger partial charge in [-0.3, -0.25) is 4.79 Å². The van der Waals surface area contributed by atoms with Gasteiger partial charge in [0.15, 0.2) is 5.60 Å². The molecule has 1 aliphatic rings. The second-order valence-electron chi connectivity index (χ2n) is 11.0. The van der Waals surface area contributed by atoms with E-state index in [1.165, 1.54) is 12.8 Å².